The Bertz CT molecular complexity index is 1680. The number of carbonyl (C=O) groups is 2. The van der Waals surface area contributed by atoms with Crippen molar-refractivity contribution in [3.63, 3.8) is 0 Å². The lowest BCUT2D eigenvalue weighted by Crippen LogP contribution is -2.42. The number of hydrogen-bond acceptors (Lipinski definition) is 10. The molecule has 1 aliphatic heterocycles. The minimum Gasteiger partial charge on any atom is -0.480 e. The molecule has 236 valence electrons. The fourth-order valence-corrected chi connectivity index (χ4v) is 5.00. The maximum absolute atomic E-state index is 14.6. The predicted octanol–water partition coefficient (Wildman–Crippen LogP) is 3.02. The van der Waals surface area contributed by atoms with E-state index in [0.717, 1.165) is 0 Å². The number of ether oxygens (including phenoxy) is 3. The maximum Gasteiger partial charge on any atom is 0.320 e. The van der Waals surface area contributed by atoms with Crippen LogP contribution in [-0.4, -0.2) is 83.8 Å². The number of carbonyl (C=O) groups excluding carboxylic acids is 2. The molecule has 4 aromatic rings. The molecule has 1 aliphatic rings. The SMILES string of the molecule is COCCN1C[C@@H](NC(=O)Nc2c(C)c(-c3cnc(OC)c(C(N)=O)c3)nn2-c2ccccc2)C(c2cnc(OC)c(F)c2)O1. The monoisotopic (exact) mass is 620 g/mol. The van der Waals surface area contributed by atoms with Crippen molar-refractivity contribution in [2.75, 3.05) is 46.3 Å². The second-order valence-corrected chi connectivity index (χ2v) is 10.1. The Kier molecular flexibility index (Phi) is 9.51. The van der Waals surface area contributed by atoms with Crippen molar-refractivity contribution in [3.05, 3.63) is 77.4 Å². The van der Waals surface area contributed by atoms with Gasteiger partial charge in [0.05, 0.1) is 38.2 Å². The molecule has 0 saturated carbocycles. The molecule has 2 atom stereocenters. The number of nitrogens with one attached hydrogen (secondary N) is 2. The van der Waals surface area contributed by atoms with Gasteiger partial charge in [-0.05, 0) is 31.2 Å². The van der Waals surface area contributed by atoms with Crippen molar-refractivity contribution < 1.29 is 33.0 Å². The quantitative estimate of drug-likeness (QED) is 0.227. The van der Waals surface area contributed by atoms with Crippen LogP contribution < -0.4 is 25.8 Å². The zero-order valence-corrected chi connectivity index (χ0v) is 25.1. The highest BCUT2D eigenvalue weighted by molar-refractivity contribution is 5.96. The van der Waals surface area contributed by atoms with Gasteiger partial charge in [0.15, 0.2) is 5.82 Å². The molecule has 1 aromatic carbocycles. The second kappa shape index (κ2) is 13.7. The van der Waals surface area contributed by atoms with Gasteiger partial charge in [-0.2, -0.15) is 10.2 Å². The van der Waals surface area contributed by atoms with Crippen molar-refractivity contribution in [2.24, 2.45) is 5.73 Å². The number of pyridine rings is 2. The third-order valence-electron chi connectivity index (χ3n) is 7.18. The molecule has 1 saturated heterocycles. The molecule has 1 unspecified atom stereocenters. The third kappa shape index (κ3) is 6.69. The molecule has 4 N–H and O–H groups in total. The molecule has 0 radical (unpaired) electrons. The number of nitrogens with zero attached hydrogens (tertiary/aromatic N) is 5. The summed E-state index contributed by atoms with van der Waals surface area (Å²) >= 11 is 0. The topological polar surface area (TPSA) is 168 Å². The summed E-state index contributed by atoms with van der Waals surface area (Å²) in [5.41, 5.74) is 8.28. The number of halogens is 1. The van der Waals surface area contributed by atoms with E-state index < -0.39 is 29.9 Å². The summed E-state index contributed by atoms with van der Waals surface area (Å²) in [5.74, 6) is -1.05. The van der Waals surface area contributed by atoms with Crippen molar-refractivity contribution in [1.29, 1.82) is 0 Å². The largest absolute Gasteiger partial charge is 0.480 e. The Balaban J connectivity index is 1.46. The zero-order chi connectivity index (χ0) is 32.1. The summed E-state index contributed by atoms with van der Waals surface area (Å²) in [6, 6.07) is 10.9. The van der Waals surface area contributed by atoms with Crippen LogP contribution in [0.5, 0.6) is 11.8 Å². The summed E-state index contributed by atoms with van der Waals surface area (Å²) in [7, 11) is 4.29. The summed E-state index contributed by atoms with van der Waals surface area (Å²) in [6.07, 6.45) is 2.22. The lowest BCUT2D eigenvalue weighted by atomic mass is 10.0. The highest BCUT2D eigenvalue weighted by Gasteiger charge is 2.37. The molecule has 3 amide bonds. The Labute approximate surface area is 258 Å². The third-order valence-corrected chi connectivity index (χ3v) is 7.18. The molecular formula is C30H33FN8O6. The van der Waals surface area contributed by atoms with Crippen LogP contribution in [0.25, 0.3) is 16.9 Å². The number of amides is 3. The molecule has 5 rings (SSSR count). The number of hydrogen-bond donors (Lipinski definition) is 3. The molecule has 0 spiro atoms. The summed E-state index contributed by atoms with van der Waals surface area (Å²) < 4.78 is 31.4. The van der Waals surface area contributed by atoms with Crippen LogP contribution in [0, 0.1) is 12.7 Å². The summed E-state index contributed by atoms with van der Waals surface area (Å²) in [4.78, 5) is 40.0. The normalized spacial score (nSPS) is 16.4. The number of aromatic nitrogens is 4. The predicted molar refractivity (Wildman–Crippen MR) is 161 cm³/mol. The first kappa shape index (κ1) is 31.3. The van der Waals surface area contributed by atoms with Gasteiger partial charge < -0.3 is 25.3 Å². The second-order valence-electron chi connectivity index (χ2n) is 10.1. The van der Waals surface area contributed by atoms with E-state index in [1.54, 1.807) is 29.8 Å². The van der Waals surface area contributed by atoms with Gasteiger partial charge in [-0.15, -0.1) is 0 Å². The number of urea groups is 1. The molecule has 1 fully saturated rings. The Morgan fingerprint density at radius 2 is 1.82 bits per heavy atom. The number of para-hydroxylation sites is 1. The number of primary amides is 1. The van der Waals surface area contributed by atoms with Crippen molar-refractivity contribution in [1.82, 2.24) is 30.1 Å². The van der Waals surface area contributed by atoms with Crippen molar-refractivity contribution in [2.45, 2.75) is 19.1 Å². The van der Waals surface area contributed by atoms with Crippen LogP contribution in [0.1, 0.15) is 27.6 Å². The van der Waals surface area contributed by atoms with E-state index in [-0.39, 0.29) is 17.3 Å². The van der Waals surface area contributed by atoms with Crippen LogP contribution in [0.15, 0.2) is 54.9 Å². The lowest BCUT2D eigenvalue weighted by Gasteiger charge is -2.19. The number of benzene rings is 1. The number of nitrogens with two attached hydrogens (primary N) is 1. The van der Waals surface area contributed by atoms with Crippen LogP contribution in [0.3, 0.4) is 0 Å². The first-order valence-electron chi connectivity index (χ1n) is 13.9. The molecule has 15 heteroatoms. The maximum atomic E-state index is 14.6. The van der Waals surface area contributed by atoms with E-state index in [1.807, 2.05) is 30.3 Å². The van der Waals surface area contributed by atoms with Gasteiger partial charge in [-0.1, -0.05) is 18.2 Å². The Morgan fingerprint density at radius 1 is 1.09 bits per heavy atom. The number of anilines is 1. The minimum atomic E-state index is -0.742. The smallest absolute Gasteiger partial charge is 0.320 e. The minimum absolute atomic E-state index is 0.0870. The Morgan fingerprint density at radius 3 is 2.49 bits per heavy atom. The highest BCUT2D eigenvalue weighted by atomic mass is 19.1. The van der Waals surface area contributed by atoms with E-state index in [0.29, 0.717) is 53.6 Å². The average molecular weight is 621 g/mol. The van der Waals surface area contributed by atoms with Crippen molar-refractivity contribution in [3.8, 4) is 28.7 Å². The summed E-state index contributed by atoms with van der Waals surface area (Å²) in [6.45, 7) is 2.89. The van der Waals surface area contributed by atoms with Crippen LogP contribution in [-0.2, 0) is 9.57 Å². The van der Waals surface area contributed by atoms with Crippen LogP contribution in [0.2, 0.25) is 0 Å². The van der Waals surface area contributed by atoms with Gasteiger partial charge in [0, 0.05) is 49.3 Å². The fourth-order valence-electron chi connectivity index (χ4n) is 5.00. The van der Waals surface area contributed by atoms with Gasteiger partial charge in [0.25, 0.3) is 5.91 Å². The van der Waals surface area contributed by atoms with Gasteiger partial charge in [-0.25, -0.2) is 23.8 Å². The van der Waals surface area contributed by atoms with Crippen LogP contribution in [0.4, 0.5) is 15.0 Å². The fraction of sp³-hybridized carbons (Fsp3) is 0.300. The number of methoxy groups -OCH3 is 3. The molecule has 14 nitrogen and oxygen atoms in total. The van der Waals surface area contributed by atoms with Crippen molar-refractivity contribution >= 4 is 17.8 Å². The van der Waals surface area contributed by atoms with E-state index >= 15 is 0 Å². The molecule has 0 bridgehead atoms. The standard InChI is InChI=1S/C30H33FN8O6/c1-17-24(18-12-21(26(32)40)28(43-3)33-14-18)37-39(20-8-6-5-7-9-20)27(17)36-30(41)35-23-16-38(10-11-42-2)45-25(23)19-13-22(31)29(44-4)34-15-19/h5-9,12-15,23,25H,10-11,16H2,1-4H3,(H2,32,40)(H2,35,36,41)/t23-,25?/m1/s1. The molecule has 3 aromatic heterocycles. The first-order chi connectivity index (χ1) is 21.7. The van der Waals surface area contributed by atoms with Gasteiger partial charge in [0.2, 0.25) is 11.8 Å². The Hall–Kier alpha value is -5.12. The van der Waals surface area contributed by atoms with Crippen LogP contribution >= 0.6 is 0 Å². The van der Waals surface area contributed by atoms with Gasteiger partial charge in [-0.3, -0.25) is 14.9 Å². The van der Waals surface area contributed by atoms with E-state index in [4.69, 9.17) is 29.9 Å². The molecule has 45 heavy (non-hydrogen) atoms. The van der Waals surface area contributed by atoms with E-state index in [9.17, 15) is 14.0 Å². The number of hydroxylamine groups is 2. The first-order valence-corrected chi connectivity index (χ1v) is 13.9. The zero-order valence-electron chi connectivity index (χ0n) is 25.1. The van der Waals surface area contributed by atoms with E-state index in [1.165, 1.54) is 32.7 Å². The molecular weight excluding hydrogens is 587 g/mol. The average Bonchev–Trinajstić information content (AvgIpc) is 3.60. The lowest BCUT2D eigenvalue weighted by molar-refractivity contribution is -0.154. The summed E-state index contributed by atoms with van der Waals surface area (Å²) in [5, 5.41) is 12.3. The van der Waals surface area contributed by atoms with Gasteiger partial charge >= 0.3 is 6.03 Å². The molecule has 4 heterocycles. The highest BCUT2D eigenvalue weighted by Crippen LogP contribution is 2.33. The molecule has 0 aliphatic carbocycles. The van der Waals surface area contributed by atoms with Gasteiger partial charge in [0.1, 0.15) is 17.5 Å². The van der Waals surface area contributed by atoms with E-state index in [2.05, 4.69) is 20.6 Å². The number of rotatable bonds is 11.